The monoisotopic (exact) mass is 370 g/mol. The van der Waals surface area contributed by atoms with E-state index in [-0.39, 0.29) is 0 Å². The van der Waals surface area contributed by atoms with Crippen LogP contribution in [0.15, 0.2) is 33.2 Å². The molecule has 1 aromatic heterocycles. The minimum atomic E-state index is 0.598. The zero-order valence-electron chi connectivity index (χ0n) is 9.96. The summed E-state index contributed by atoms with van der Waals surface area (Å²) in [4.78, 5) is 8.61. The molecule has 0 aliphatic heterocycles. The van der Waals surface area contributed by atoms with E-state index in [0.717, 1.165) is 26.1 Å². The fraction of sp³-hybridized carbons (Fsp3) is 0.167. The summed E-state index contributed by atoms with van der Waals surface area (Å²) in [6.07, 6.45) is 0. The molecule has 0 radical (unpaired) electrons. The summed E-state index contributed by atoms with van der Waals surface area (Å²) in [6, 6.07) is 7.80. The van der Waals surface area contributed by atoms with Gasteiger partial charge < -0.3 is 10.6 Å². The van der Waals surface area contributed by atoms with Crippen molar-refractivity contribution in [1.82, 2.24) is 9.97 Å². The van der Waals surface area contributed by atoms with Crippen LogP contribution < -0.4 is 10.6 Å². The number of nitrogens with one attached hydrogen (secondary N) is 2. The molecule has 0 spiro atoms. The smallest absolute Gasteiger partial charge is 0.224 e. The van der Waals surface area contributed by atoms with Crippen molar-refractivity contribution in [2.45, 2.75) is 6.92 Å². The first-order chi connectivity index (χ1) is 8.60. The number of hydrogen-bond acceptors (Lipinski definition) is 4. The van der Waals surface area contributed by atoms with Gasteiger partial charge in [0.1, 0.15) is 5.82 Å². The molecule has 1 heterocycles. The van der Waals surface area contributed by atoms with Crippen LogP contribution in [0, 0.1) is 6.92 Å². The van der Waals surface area contributed by atoms with Crippen LogP contribution in [-0.2, 0) is 0 Å². The van der Waals surface area contributed by atoms with Crippen molar-refractivity contribution in [2.24, 2.45) is 0 Å². The molecule has 94 valence electrons. The normalized spacial score (nSPS) is 10.2. The Morgan fingerprint density at radius 1 is 1.11 bits per heavy atom. The minimum Gasteiger partial charge on any atom is -0.357 e. The van der Waals surface area contributed by atoms with E-state index < -0.39 is 0 Å². The van der Waals surface area contributed by atoms with E-state index in [0.29, 0.717) is 5.95 Å². The number of rotatable bonds is 3. The van der Waals surface area contributed by atoms with Gasteiger partial charge in [-0.15, -0.1) is 0 Å². The summed E-state index contributed by atoms with van der Waals surface area (Å²) >= 11 is 7.01. The Kier molecular flexibility index (Phi) is 4.19. The first kappa shape index (κ1) is 13.3. The van der Waals surface area contributed by atoms with Gasteiger partial charge in [0, 0.05) is 27.8 Å². The van der Waals surface area contributed by atoms with Gasteiger partial charge in [0.2, 0.25) is 5.95 Å². The second-order valence-electron chi connectivity index (χ2n) is 3.69. The molecule has 0 fully saturated rings. The fourth-order valence-corrected chi connectivity index (χ4v) is 2.69. The van der Waals surface area contributed by atoms with Crippen LogP contribution in [0.4, 0.5) is 17.5 Å². The number of aromatic nitrogens is 2. The Morgan fingerprint density at radius 2 is 1.78 bits per heavy atom. The lowest BCUT2D eigenvalue weighted by Crippen LogP contribution is -2.02. The number of aryl methyl sites for hydroxylation is 1. The summed E-state index contributed by atoms with van der Waals surface area (Å²) < 4.78 is 1.94. The predicted molar refractivity (Wildman–Crippen MR) is 81.4 cm³/mol. The summed E-state index contributed by atoms with van der Waals surface area (Å²) in [5, 5.41) is 6.21. The van der Waals surface area contributed by atoms with Gasteiger partial charge >= 0.3 is 0 Å². The van der Waals surface area contributed by atoms with Crippen LogP contribution in [0.3, 0.4) is 0 Å². The maximum absolute atomic E-state index is 4.35. The molecule has 1 aromatic carbocycles. The SMILES string of the molecule is CNc1nc(C)cc(Nc2c(Br)cccc2Br)n1. The lowest BCUT2D eigenvalue weighted by molar-refractivity contribution is 1.10. The lowest BCUT2D eigenvalue weighted by Gasteiger charge is -2.11. The Morgan fingerprint density at radius 3 is 2.39 bits per heavy atom. The van der Waals surface area contributed by atoms with E-state index in [1.807, 2.05) is 31.2 Å². The highest BCUT2D eigenvalue weighted by Crippen LogP contribution is 2.32. The summed E-state index contributed by atoms with van der Waals surface area (Å²) in [5.74, 6) is 1.35. The quantitative estimate of drug-likeness (QED) is 0.852. The number of anilines is 3. The van der Waals surface area contributed by atoms with Crippen molar-refractivity contribution in [3.8, 4) is 0 Å². The zero-order valence-corrected chi connectivity index (χ0v) is 13.1. The number of hydrogen-bond donors (Lipinski definition) is 2. The van der Waals surface area contributed by atoms with Gasteiger partial charge in [-0.05, 0) is 50.9 Å². The van der Waals surface area contributed by atoms with Gasteiger partial charge in [0.25, 0.3) is 0 Å². The lowest BCUT2D eigenvalue weighted by atomic mass is 10.3. The van der Waals surface area contributed by atoms with Crippen molar-refractivity contribution < 1.29 is 0 Å². The Labute approximate surface area is 122 Å². The number of nitrogens with zero attached hydrogens (tertiary/aromatic N) is 2. The molecule has 0 saturated carbocycles. The minimum absolute atomic E-state index is 0.598. The molecule has 0 aliphatic carbocycles. The molecule has 0 bridgehead atoms. The van der Waals surface area contributed by atoms with Crippen molar-refractivity contribution in [3.63, 3.8) is 0 Å². The third-order valence-electron chi connectivity index (χ3n) is 2.29. The van der Waals surface area contributed by atoms with E-state index in [1.165, 1.54) is 0 Å². The van der Waals surface area contributed by atoms with Crippen LogP contribution in [0.5, 0.6) is 0 Å². The highest BCUT2D eigenvalue weighted by Gasteiger charge is 2.07. The van der Waals surface area contributed by atoms with Crippen LogP contribution in [-0.4, -0.2) is 17.0 Å². The van der Waals surface area contributed by atoms with Crippen molar-refractivity contribution in [3.05, 3.63) is 38.9 Å². The van der Waals surface area contributed by atoms with E-state index in [2.05, 4.69) is 52.5 Å². The maximum Gasteiger partial charge on any atom is 0.224 e. The van der Waals surface area contributed by atoms with Crippen LogP contribution in [0.2, 0.25) is 0 Å². The standard InChI is InChI=1S/C12H12Br2N4/c1-7-6-10(18-12(15-2)16-7)17-11-8(13)4-3-5-9(11)14/h3-6H,1-2H3,(H2,15,16,17,18). The average molecular weight is 372 g/mol. The van der Waals surface area contributed by atoms with Crippen LogP contribution in [0.25, 0.3) is 0 Å². The van der Waals surface area contributed by atoms with E-state index in [9.17, 15) is 0 Å². The van der Waals surface area contributed by atoms with Gasteiger partial charge in [-0.2, -0.15) is 4.98 Å². The molecule has 0 saturated heterocycles. The molecule has 18 heavy (non-hydrogen) atoms. The average Bonchev–Trinajstić information content (AvgIpc) is 2.33. The van der Waals surface area contributed by atoms with E-state index in [4.69, 9.17) is 0 Å². The van der Waals surface area contributed by atoms with Gasteiger partial charge in [0.05, 0.1) is 5.69 Å². The Bertz CT molecular complexity index is 552. The topological polar surface area (TPSA) is 49.8 Å². The molecular weight excluding hydrogens is 360 g/mol. The molecule has 0 atom stereocenters. The molecular formula is C12H12Br2N4. The first-order valence-corrected chi connectivity index (χ1v) is 6.93. The fourth-order valence-electron chi connectivity index (χ4n) is 1.49. The maximum atomic E-state index is 4.35. The second-order valence-corrected chi connectivity index (χ2v) is 5.40. The third kappa shape index (κ3) is 3.00. The molecule has 6 heteroatoms. The van der Waals surface area contributed by atoms with Gasteiger partial charge in [0.15, 0.2) is 0 Å². The second kappa shape index (κ2) is 5.67. The molecule has 0 aliphatic rings. The van der Waals surface area contributed by atoms with Crippen LogP contribution >= 0.6 is 31.9 Å². The molecule has 2 N–H and O–H groups in total. The zero-order chi connectivity index (χ0) is 13.1. The predicted octanol–water partition coefficient (Wildman–Crippen LogP) is 4.10. The molecule has 2 aromatic rings. The summed E-state index contributed by atoms with van der Waals surface area (Å²) in [7, 11) is 1.80. The highest BCUT2D eigenvalue weighted by molar-refractivity contribution is 9.11. The molecule has 0 amide bonds. The van der Waals surface area contributed by atoms with Gasteiger partial charge in [-0.3, -0.25) is 0 Å². The van der Waals surface area contributed by atoms with Gasteiger partial charge in [-0.1, -0.05) is 6.07 Å². The highest BCUT2D eigenvalue weighted by atomic mass is 79.9. The number of halogens is 2. The van der Waals surface area contributed by atoms with Gasteiger partial charge in [-0.25, -0.2) is 4.98 Å². The third-order valence-corrected chi connectivity index (χ3v) is 3.62. The number of benzene rings is 1. The van der Waals surface area contributed by atoms with Crippen LogP contribution in [0.1, 0.15) is 5.69 Å². The summed E-state index contributed by atoms with van der Waals surface area (Å²) in [6.45, 7) is 1.93. The Balaban J connectivity index is 2.37. The first-order valence-electron chi connectivity index (χ1n) is 5.34. The largest absolute Gasteiger partial charge is 0.357 e. The van der Waals surface area contributed by atoms with E-state index >= 15 is 0 Å². The number of para-hydroxylation sites is 1. The molecule has 2 rings (SSSR count). The van der Waals surface area contributed by atoms with Crippen molar-refractivity contribution in [2.75, 3.05) is 17.7 Å². The summed E-state index contributed by atoms with van der Waals surface area (Å²) in [5.41, 5.74) is 1.85. The van der Waals surface area contributed by atoms with Crippen molar-refractivity contribution >= 4 is 49.3 Å². The van der Waals surface area contributed by atoms with E-state index in [1.54, 1.807) is 7.05 Å². The molecule has 0 unspecified atom stereocenters. The van der Waals surface area contributed by atoms with Crippen molar-refractivity contribution in [1.29, 1.82) is 0 Å². The Hall–Kier alpha value is -1.14. The molecule has 4 nitrogen and oxygen atoms in total.